The molecule has 18 heavy (non-hydrogen) atoms. The molecule has 0 aliphatic heterocycles. The predicted molar refractivity (Wildman–Crippen MR) is 75.7 cm³/mol. The molecule has 0 saturated heterocycles. The van der Waals surface area contributed by atoms with Gasteiger partial charge in [0.2, 0.25) is 0 Å². The van der Waals surface area contributed by atoms with Gasteiger partial charge in [0.15, 0.2) is 0 Å². The Kier molecular flexibility index (Phi) is 9.98. The molecule has 0 heterocycles. The van der Waals surface area contributed by atoms with Crippen molar-refractivity contribution >= 4 is 5.97 Å². The molecule has 0 amide bonds. The Bertz CT molecular complexity index is 220. The standard InChI is InChI=1S/C14H30N2O2/c1-6-8-9-10-16(5)11-13(15-12(3)4)14(17)18-7-2/h12-13,15H,6-11H2,1-5H3. The molecule has 1 atom stereocenters. The van der Waals surface area contributed by atoms with E-state index in [1.807, 2.05) is 20.8 Å². The number of hydrogen-bond acceptors (Lipinski definition) is 4. The van der Waals surface area contributed by atoms with Crippen molar-refractivity contribution in [2.24, 2.45) is 0 Å². The average Bonchev–Trinajstić information content (AvgIpc) is 2.28. The van der Waals surface area contributed by atoms with Crippen molar-refractivity contribution in [1.29, 1.82) is 0 Å². The van der Waals surface area contributed by atoms with Gasteiger partial charge in [-0.1, -0.05) is 33.6 Å². The molecule has 0 spiro atoms. The van der Waals surface area contributed by atoms with Crippen molar-refractivity contribution in [3.05, 3.63) is 0 Å². The zero-order chi connectivity index (χ0) is 14.0. The number of unbranched alkanes of at least 4 members (excludes halogenated alkanes) is 2. The summed E-state index contributed by atoms with van der Waals surface area (Å²) in [4.78, 5) is 14.0. The number of rotatable bonds is 10. The van der Waals surface area contributed by atoms with Crippen LogP contribution < -0.4 is 5.32 Å². The lowest BCUT2D eigenvalue weighted by Gasteiger charge is -2.25. The quantitative estimate of drug-likeness (QED) is 0.481. The van der Waals surface area contributed by atoms with Crippen LogP contribution in [0.2, 0.25) is 0 Å². The van der Waals surface area contributed by atoms with Crippen LogP contribution in [-0.2, 0) is 9.53 Å². The van der Waals surface area contributed by atoms with Crippen LogP contribution in [0.3, 0.4) is 0 Å². The molecular weight excluding hydrogens is 228 g/mol. The molecule has 0 fully saturated rings. The van der Waals surface area contributed by atoms with E-state index in [1.54, 1.807) is 0 Å². The third-order valence-electron chi connectivity index (χ3n) is 2.74. The van der Waals surface area contributed by atoms with E-state index in [-0.39, 0.29) is 18.1 Å². The maximum atomic E-state index is 11.8. The second-order valence-electron chi connectivity index (χ2n) is 5.10. The Morgan fingerprint density at radius 2 is 1.94 bits per heavy atom. The van der Waals surface area contributed by atoms with Crippen molar-refractivity contribution in [3.8, 4) is 0 Å². The topological polar surface area (TPSA) is 41.6 Å². The van der Waals surface area contributed by atoms with Gasteiger partial charge in [0.25, 0.3) is 0 Å². The Labute approximate surface area is 112 Å². The van der Waals surface area contributed by atoms with Gasteiger partial charge in [-0.15, -0.1) is 0 Å². The van der Waals surface area contributed by atoms with Crippen LogP contribution in [-0.4, -0.2) is 49.7 Å². The van der Waals surface area contributed by atoms with Gasteiger partial charge in [-0.05, 0) is 26.9 Å². The molecular formula is C14H30N2O2. The largest absolute Gasteiger partial charge is 0.465 e. The second kappa shape index (κ2) is 10.3. The highest BCUT2D eigenvalue weighted by atomic mass is 16.5. The lowest BCUT2D eigenvalue weighted by Crippen LogP contribution is -2.48. The highest BCUT2D eigenvalue weighted by Gasteiger charge is 2.21. The van der Waals surface area contributed by atoms with Crippen molar-refractivity contribution in [2.75, 3.05) is 26.7 Å². The van der Waals surface area contributed by atoms with Crippen molar-refractivity contribution in [3.63, 3.8) is 0 Å². The van der Waals surface area contributed by atoms with E-state index >= 15 is 0 Å². The highest BCUT2D eigenvalue weighted by Crippen LogP contribution is 2.00. The molecule has 0 aliphatic carbocycles. The number of nitrogens with zero attached hydrogens (tertiary/aromatic N) is 1. The highest BCUT2D eigenvalue weighted by molar-refractivity contribution is 5.76. The lowest BCUT2D eigenvalue weighted by atomic mass is 10.2. The van der Waals surface area contributed by atoms with Gasteiger partial charge in [-0.2, -0.15) is 0 Å². The van der Waals surface area contributed by atoms with Gasteiger partial charge in [0, 0.05) is 12.6 Å². The van der Waals surface area contributed by atoms with Crippen LogP contribution in [0.15, 0.2) is 0 Å². The molecule has 108 valence electrons. The van der Waals surface area contributed by atoms with E-state index in [0.29, 0.717) is 13.2 Å². The molecule has 0 bridgehead atoms. The molecule has 4 nitrogen and oxygen atoms in total. The van der Waals surface area contributed by atoms with Gasteiger partial charge in [0.1, 0.15) is 6.04 Å². The zero-order valence-electron chi connectivity index (χ0n) is 12.7. The van der Waals surface area contributed by atoms with E-state index in [1.165, 1.54) is 19.3 Å². The third kappa shape index (κ3) is 8.48. The van der Waals surface area contributed by atoms with Crippen LogP contribution in [0.4, 0.5) is 0 Å². The molecule has 0 rings (SSSR count). The summed E-state index contributed by atoms with van der Waals surface area (Å²) >= 11 is 0. The van der Waals surface area contributed by atoms with Crippen LogP contribution in [0.5, 0.6) is 0 Å². The number of likely N-dealkylation sites (N-methyl/N-ethyl adjacent to an activating group) is 1. The number of ether oxygens (including phenoxy) is 1. The van der Waals surface area contributed by atoms with Gasteiger partial charge in [-0.3, -0.25) is 4.79 Å². The zero-order valence-corrected chi connectivity index (χ0v) is 12.7. The Balaban J connectivity index is 4.17. The second-order valence-corrected chi connectivity index (χ2v) is 5.10. The average molecular weight is 258 g/mol. The first-order valence-electron chi connectivity index (χ1n) is 7.12. The fourth-order valence-electron chi connectivity index (χ4n) is 1.88. The van der Waals surface area contributed by atoms with E-state index in [2.05, 4.69) is 24.2 Å². The lowest BCUT2D eigenvalue weighted by molar-refractivity contribution is -0.146. The minimum Gasteiger partial charge on any atom is -0.465 e. The van der Waals surface area contributed by atoms with Crippen LogP contribution in [0, 0.1) is 0 Å². The van der Waals surface area contributed by atoms with E-state index in [4.69, 9.17) is 4.74 Å². The minimum atomic E-state index is -0.225. The molecule has 0 radical (unpaired) electrons. The number of esters is 1. The van der Waals surface area contributed by atoms with Gasteiger partial charge in [0.05, 0.1) is 6.61 Å². The summed E-state index contributed by atoms with van der Waals surface area (Å²) in [5.41, 5.74) is 0. The van der Waals surface area contributed by atoms with E-state index in [0.717, 1.165) is 6.54 Å². The molecule has 0 saturated carbocycles. The SMILES string of the molecule is CCCCCN(C)CC(NC(C)C)C(=O)OCC. The van der Waals surface area contributed by atoms with Gasteiger partial charge < -0.3 is 15.0 Å². The summed E-state index contributed by atoms with van der Waals surface area (Å²) in [5, 5.41) is 3.27. The Hall–Kier alpha value is -0.610. The van der Waals surface area contributed by atoms with Gasteiger partial charge in [-0.25, -0.2) is 0 Å². The normalized spacial score (nSPS) is 13.1. The molecule has 0 aliphatic rings. The maximum absolute atomic E-state index is 11.8. The summed E-state index contributed by atoms with van der Waals surface area (Å²) in [7, 11) is 2.06. The van der Waals surface area contributed by atoms with Crippen molar-refractivity contribution < 1.29 is 9.53 Å². The van der Waals surface area contributed by atoms with E-state index in [9.17, 15) is 4.79 Å². The van der Waals surface area contributed by atoms with Crippen LogP contribution >= 0.6 is 0 Å². The first-order valence-corrected chi connectivity index (χ1v) is 7.12. The van der Waals surface area contributed by atoms with Gasteiger partial charge >= 0.3 is 5.97 Å². The Morgan fingerprint density at radius 3 is 2.44 bits per heavy atom. The predicted octanol–water partition coefficient (Wildman–Crippen LogP) is 2.04. The van der Waals surface area contributed by atoms with Crippen molar-refractivity contribution in [1.82, 2.24) is 10.2 Å². The molecule has 0 aromatic heterocycles. The van der Waals surface area contributed by atoms with Crippen LogP contribution in [0.1, 0.15) is 47.0 Å². The smallest absolute Gasteiger partial charge is 0.324 e. The first-order chi connectivity index (χ1) is 8.51. The number of hydrogen-bond donors (Lipinski definition) is 1. The number of carbonyl (C=O) groups is 1. The van der Waals surface area contributed by atoms with Crippen molar-refractivity contribution in [2.45, 2.75) is 59.0 Å². The summed E-state index contributed by atoms with van der Waals surface area (Å²) < 4.78 is 5.10. The summed E-state index contributed by atoms with van der Waals surface area (Å²) in [5.74, 6) is -0.145. The number of carbonyl (C=O) groups excluding carboxylic acids is 1. The minimum absolute atomic E-state index is 0.145. The molecule has 4 heteroatoms. The Morgan fingerprint density at radius 1 is 1.28 bits per heavy atom. The maximum Gasteiger partial charge on any atom is 0.324 e. The first kappa shape index (κ1) is 17.4. The molecule has 0 aromatic carbocycles. The molecule has 0 aromatic rings. The van der Waals surface area contributed by atoms with Crippen LogP contribution in [0.25, 0.3) is 0 Å². The number of nitrogens with one attached hydrogen (secondary N) is 1. The summed E-state index contributed by atoms with van der Waals surface area (Å²) in [6, 6.07) is 0.0556. The summed E-state index contributed by atoms with van der Waals surface area (Å²) in [6.45, 7) is 10.3. The monoisotopic (exact) mass is 258 g/mol. The van der Waals surface area contributed by atoms with E-state index < -0.39 is 0 Å². The fraction of sp³-hybridized carbons (Fsp3) is 0.929. The summed E-state index contributed by atoms with van der Waals surface area (Å²) in [6.07, 6.45) is 3.65. The third-order valence-corrected chi connectivity index (χ3v) is 2.74. The fourth-order valence-corrected chi connectivity index (χ4v) is 1.88. The molecule has 1 unspecified atom stereocenters. The molecule has 1 N–H and O–H groups in total.